The Kier molecular flexibility index (Phi) is 4.80. The summed E-state index contributed by atoms with van der Waals surface area (Å²) in [6, 6.07) is 4.50. The van der Waals surface area contributed by atoms with Gasteiger partial charge in [-0.05, 0) is 24.7 Å². The van der Waals surface area contributed by atoms with E-state index >= 15 is 0 Å². The summed E-state index contributed by atoms with van der Waals surface area (Å²) in [4.78, 5) is 2.32. The second-order valence-electron chi connectivity index (χ2n) is 4.39. The quantitative estimate of drug-likeness (QED) is 0.912. The molecule has 5 heteroatoms. The van der Waals surface area contributed by atoms with Crippen molar-refractivity contribution in [1.82, 2.24) is 4.90 Å². The van der Waals surface area contributed by atoms with Crippen LogP contribution in [0.4, 0.5) is 10.1 Å². The fourth-order valence-electron chi connectivity index (χ4n) is 2.05. The summed E-state index contributed by atoms with van der Waals surface area (Å²) in [7, 11) is 0. The molecule has 1 fully saturated rings. The van der Waals surface area contributed by atoms with E-state index in [0.29, 0.717) is 17.3 Å². The molecule has 0 radical (unpaired) electrons. The van der Waals surface area contributed by atoms with E-state index in [1.165, 1.54) is 12.1 Å². The van der Waals surface area contributed by atoms with E-state index in [9.17, 15) is 4.39 Å². The molecule has 0 aliphatic carbocycles. The van der Waals surface area contributed by atoms with E-state index < -0.39 is 0 Å². The van der Waals surface area contributed by atoms with E-state index in [-0.39, 0.29) is 11.9 Å². The third-order valence-electron chi connectivity index (χ3n) is 3.12. The van der Waals surface area contributed by atoms with E-state index in [0.717, 1.165) is 26.2 Å². The Hall–Kier alpha value is -0.840. The van der Waals surface area contributed by atoms with Gasteiger partial charge >= 0.3 is 0 Å². The number of benzene rings is 1. The number of anilines is 1. The molecule has 1 aromatic rings. The van der Waals surface area contributed by atoms with Crippen LogP contribution in [0.5, 0.6) is 0 Å². The number of hydrogen-bond donors (Lipinski definition) is 1. The Bertz CT molecular complexity index is 403. The van der Waals surface area contributed by atoms with Gasteiger partial charge in [-0.3, -0.25) is 4.90 Å². The van der Waals surface area contributed by atoms with Gasteiger partial charge in [-0.25, -0.2) is 4.39 Å². The second kappa shape index (κ2) is 6.36. The molecule has 1 unspecified atom stereocenters. The molecule has 1 aliphatic heterocycles. The van der Waals surface area contributed by atoms with Crippen molar-refractivity contribution in [2.45, 2.75) is 13.0 Å². The first kappa shape index (κ1) is 13.6. The monoisotopic (exact) mass is 272 g/mol. The van der Waals surface area contributed by atoms with Gasteiger partial charge in [-0.15, -0.1) is 0 Å². The Morgan fingerprint density at radius 3 is 3.17 bits per heavy atom. The van der Waals surface area contributed by atoms with Gasteiger partial charge in [-0.1, -0.05) is 18.5 Å². The van der Waals surface area contributed by atoms with E-state index in [1.807, 2.05) is 0 Å². The molecule has 0 bridgehead atoms. The minimum atomic E-state index is -0.289. The molecular formula is C13H18ClFN2O. The molecule has 2 rings (SSSR count). The molecule has 1 N–H and O–H groups in total. The zero-order valence-corrected chi connectivity index (χ0v) is 11.2. The SMILES string of the molecule is CCN1CCOC(CNc2cc(Cl)ccc2F)C1. The maximum Gasteiger partial charge on any atom is 0.146 e. The van der Waals surface area contributed by atoms with Crippen molar-refractivity contribution >= 4 is 17.3 Å². The van der Waals surface area contributed by atoms with Gasteiger partial charge in [0.05, 0.1) is 18.4 Å². The lowest BCUT2D eigenvalue weighted by atomic mass is 10.2. The lowest BCUT2D eigenvalue weighted by Crippen LogP contribution is -2.45. The summed E-state index contributed by atoms with van der Waals surface area (Å²) in [6.45, 7) is 6.33. The van der Waals surface area contributed by atoms with Crippen LogP contribution >= 0.6 is 11.6 Å². The van der Waals surface area contributed by atoms with Crippen molar-refractivity contribution in [3.8, 4) is 0 Å². The molecule has 3 nitrogen and oxygen atoms in total. The first-order valence-corrected chi connectivity index (χ1v) is 6.59. The number of ether oxygens (including phenoxy) is 1. The number of halogens is 2. The molecule has 1 atom stereocenters. The predicted octanol–water partition coefficient (Wildman–Crippen LogP) is 2.61. The van der Waals surface area contributed by atoms with Gasteiger partial charge in [-0.2, -0.15) is 0 Å². The maximum atomic E-state index is 13.5. The summed E-state index contributed by atoms with van der Waals surface area (Å²) in [6.07, 6.45) is 0.0945. The van der Waals surface area contributed by atoms with Crippen LogP contribution in [0, 0.1) is 5.82 Å². The van der Waals surface area contributed by atoms with E-state index in [4.69, 9.17) is 16.3 Å². The van der Waals surface area contributed by atoms with Crippen molar-refractivity contribution in [3.05, 3.63) is 29.0 Å². The smallest absolute Gasteiger partial charge is 0.146 e. The maximum absolute atomic E-state index is 13.5. The standard InChI is InChI=1S/C13H18ClFN2O/c1-2-17-5-6-18-11(9-17)8-16-13-7-10(14)3-4-12(13)15/h3-4,7,11,16H,2,5-6,8-9H2,1H3. The summed E-state index contributed by atoms with van der Waals surface area (Å²) in [5, 5.41) is 3.58. The van der Waals surface area contributed by atoms with Crippen LogP contribution in [0.3, 0.4) is 0 Å². The molecule has 1 aliphatic rings. The predicted molar refractivity (Wildman–Crippen MR) is 71.8 cm³/mol. The molecule has 0 aromatic heterocycles. The summed E-state index contributed by atoms with van der Waals surface area (Å²) in [5.74, 6) is -0.289. The summed E-state index contributed by atoms with van der Waals surface area (Å²) < 4.78 is 19.1. The number of hydrogen-bond acceptors (Lipinski definition) is 3. The number of likely N-dealkylation sites (N-methyl/N-ethyl adjacent to an activating group) is 1. The lowest BCUT2D eigenvalue weighted by Gasteiger charge is -2.32. The Balaban J connectivity index is 1.89. The highest BCUT2D eigenvalue weighted by Gasteiger charge is 2.19. The van der Waals surface area contributed by atoms with E-state index in [1.54, 1.807) is 6.07 Å². The van der Waals surface area contributed by atoms with Crippen LogP contribution < -0.4 is 5.32 Å². The zero-order valence-electron chi connectivity index (χ0n) is 10.5. The van der Waals surface area contributed by atoms with Gasteiger partial charge < -0.3 is 10.1 Å². The minimum absolute atomic E-state index is 0.0945. The largest absolute Gasteiger partial charge is 0.380 e. The highest BCUT2D eigenvalue weighted by molar-refractivity contribution is 6.30. The van der Waals surface area contributed by atoms with Gasteiger partial charge in [0.2, 0.25) is 0 Å². The minimum Gasteiger partial charge on any atom is -0.380 e. The van der Waals surface area contributed by atoms with Crippen LogP contribution in [0.2, 0.25) is 5.02 Å². The molecule has 100 valence electrons. The molecule has 1 aromatic carbocycles. The van der Waals surface area contributed by atoms with E-state index in [2.05, 4.69) is 17.1 Å². The highest BCUT2D eigenvalue weighted by atomic mass is 35.5. The molecule has 0 amide bonds. The normalized spacial score (nSPS) is 20.9. The van der Waals surface area contributed by atoms with Crippen molar-refractivity contribution in [3.63, 3.8) is 0 Å². The molecule has 1 heterocycles. The molecule has 1 saturated heterocycles. The molecule has 0 spiro atoms. The second-order valence-corrected chi connectivity index (χ2v) is 4.83. The molecule has 18 heavy (non-hydrogen) atoms. The van der Waals surface area contributed by atoms with Gasteiger partial charge in [0.15, 0.2) is 0 Å². The number of morpholine rings is 1. The lowest BCUT2D eigenvalue weighted by molar-refractivity contribution is -0.0192. The first-order valence-electron chi connectivity index (χ1n) is 6.22. The summed E-state index contributed by atoms with van der Waals surface area (Å²) in [5.41, 5.74) is 0.430. The fourth-order valence-corrected chi connectivity index (χ4v) is 2.22. The first-order chi connectivity index (χ1) is 8.69. The Morgan fingerprint density at radius 1 is 1.56 bits per heavy atom. The van der Waals surface area contributed by atoms with Crippen molar-refractivity contribution in [2.75, 3.05) is 38.1 Å². The molecular weight excluding hydrogens is 255 g/mol. The van der Waals surface area contributed by atoms with Crippen LogP contribution in [0.25, 0.3) is 0 Å². The third-order valence-corrected chi connectivity index (χ3v) is 3.35. The van der Waals surface area contributed by atoms with Crippen LogP contribution in [-0.2, 0) is 4.74 Å². The third kappa shape index (κ3) is 3.57. The number of nitrogens with one attached hydrogen (secondary N) is 1. The number of nitrogens with zero attached hydrogens (tertiary/aromatic N) is 1. The fraction of sp³-hybridized carbons (Fsp3) is 0.538. The topological polar surface area (TPSA) is 24.5 Å². The summed E-state index contributed by atoms with van der Waals surface area (Å²) >= 11 is 5.84. The average Bonchev–Trinajstić information content (AvgIpc) is 2.40. The molecule has 0 saturated carbocycles. The van der Waals surface area contributed by atoms with Crippen molar-refractivity contribution < 1.29 is 9.13 Å². The highest BCUT2D eigenvalue weighted by Crippen LogP contribution is 2.19. The van der Waals surface area contributed by atoms with Gasteiger partial charge in [0.25, 0.3) is 0 Å². The van der Waals surface area contributed by atoms with Crippen LogP contribution in [-0.4, -0.2) is 43.8 Å². The Morgan fingerprint density at radius 2 is 2.39 bits per heavy atom. The van der Waals surface area contributed by atoms with Crippen molar-refractivity contribution in [2.24, 2.45) is 0 Å². The van der Waals surface area contributed by atoms with Crippen molar-refractivity contribution in [1.29, 1.82) is 0 Å². The number of rotatable bonds is 4. The Labute approximate surface area is 112 Å². The van der Waals surface area contributed by atoms with Crippen LogP contribution in [0.1, 0.15) is 6.92 Å². The van der Waals surface area contributed by atoms with Crippen LogP contribution in [0.15, 0.2) is 18.2 Å². The zero-order chi connectivity index (χ0) is 13.0. The van der Waals surface area contributed by atoms with Gasteiger partial charge in [0.1, 0.15) is 5.82 Å². The van der Waals surface area contributed by atoms with Gasteiger partial charge in [0, 0.05) is 24.7 Å². The average molecular weight is 273 g/mol.